The highest BCUT2D eigenvalue weighted by Gasteiger charge is 2.49. The van der Waals surface area contributed by atoms with E-state index in [4.69, 9.17) is 4.42 Å². The van der Waals surface area contributed by atoms with Gasteiger partial charge in [0, 0.05) is 33.9 Å². The third kappa shape index (κ3) is 4.92. The van der Waals surface area contributed by atoms with Crippen LogP contribution in [0.1, 0.15) is 112 Å². The van der Waals surface area contributed by atoms with Crippen molar-refractivity contribution in [1.82, 2.24) is 0 Å². The van der Waals surface area contributed by atoms with Crippen molar-refractivity contribution < 1.29 is 4.42 Å². The lowest BCUT2D eigenvalue weighted by molar-refractivity contribution is 0.443. The van der Waals surface area contributed by atoms with Gasteiger partial charge in [0.1, 0.15) is 5.58 Å². The Hall–Kier alpha value is -5.48. The summed E-state index contributed by atoms with van der Waals surface area (Å²) in [5.41, 5.74) is 20.5. The fourth-order valence-corrected chi connectivity index (χ4v) is 11.9. The summed E-state index contributed by atoms with van der Waals surface area (Å²) in [6.07, 6.45) is 13.0. The van der Waals surface area contributed by atoms with E-state index in [1.165, 1.54) is 148 Å². The molecule has 57 heavy (non-hydrogen) atoms. The molecule has 0 atom stereocenters. The van der Waals surface area contributed by atoms with Crippen LogP contribution in [0.3, 0.4) is 0 Å². The van der Waals surface area contributed by atoms with E-state index in [2.05, 4.69) is 151 Å². The molecular formula is C53H49BN2O. The fourth-order valence-electron chi connectivity index (χ4n) is 11.9. The molecule has 0 unspecified atom stereocenters. The number of hydrogen-bond acceptors (Lipinski definition) is 3. The Bertz CT molecular complexity index is 2700. The molecule has 0 spiro atoms. The maximum absolute atomic E-state index is 7.43. The third-order valence-electron chi connectivity index (χ3n) is 14.6. The van der Waals surface area contributed by atoms with Crippen molar-refractivity contribution in [2.24, 2.45) is 0 Å². The number of anilines is 6. The van der Waals surface area contributed by atoms with Crippen LogP contribution < -0.4 is 26.4 Å². The Morgan fingerprint density at radius 1 is 0.561 bits per heavy atom. The van der Waals surface area contributed by atoms with E-state index in [0.29, 0.717) is 11.8 Å². The van der Waals surface area contributed by atoms with Crippen molar-refractivity contribution in [3.05, 3.63) is 150 Å². The average Bonchev–Trinajstić information content (AvgIpc) is 3.76. The molecule has 3 aliphatic carbocycles. The highest BCUT2D eigenvalue weighted by molar-refractivity contribution is 7.00. The Morgan fingerprint density at radius 3 is 1.86 bits per heavy atom. The summed E-state index contributed by atoms with van der Waals surface area (Å²) in [7, 11) is 0. The number of benzene rings is 6. The molecule has 3 nitrogen and oxygen atoms in total. The van der Waals surface area contributed by atoms with Crippen molar-refractivity contribution >= 4 is 68.4 Å². The molecule has 2 fully saturated rings. The van der Waals surface area contributed by atoms with Crippen molar-refractivity contribution in [2.45, 2.75) is 95.3 Å². The van der Waals surface area contributed by atoms with E-state index in [9.17, 15) is 0 Å². The van der Waals surface area contributed by atoms with Crippen LogP contribution in [0.5, 0.6) is 0 Å². The minimum atomic E-state index is -0.112. The van der Waals surface area contributed by atoms with E-state index in [-0.39, 0.29) is 12.1 Å². The molecule has 3 heterocycles. The van der Waals surface area contributed by atoms with Gasteiger partial charge in [-0.05, 0) is 130 Å². The van der Waals surface area contributed by atoms with Gasteiger partial charge in [0.2, 0.25) is 0 Å². The van der Waals surface area contributed by atoms with Gasteiger partial charge in [-0.25, -0.2) is 0 Å². The Kier molecular flexibility index (Phi) is 7.54. The molecule has 0 N–H and O–H groups in total. The third-order valence-corrected chi connectivity index (χ3v) is 14.6. The number of para-hydroxylation sites is 2. The predicted octanol–water partition coefficient (Wildman–Crippen LogP) is 12.9. The van der Waals surface area contributed by atoms with Gasteiger partial charge in [-0.1, -0.05) is 131 Å². The number of furan rings is 1. The molecule has 280 valence electrons. The summed E-state index contributed by atoms with van der Waals surface area (Å²) < 4.78 is 7.43. The molecule has 0 radical (unpaired) electrons. The molecule has 6 aromatic carbocycles. The van der Waals surface area contributed by atoms with Crippen LogP contribution in [0.15, 0.2) is 132 Å². The van der Waals surface area contributed by atoms with Crippen molar-refractivity contribution in [3.63, 3.8) is 0 Å². The number of rotatable bonds is 4. The van der Waals surface area contributed by atoms with E-state index < -0.39 is 0 Å². The maximum Gasteiger partial charge on any atom is 0.297 e. The highest BCUT2D eigenvalue weighted by Crippen LogP contribution is 2.56. The van der Waals surface area contributed by atoms with Crippen LogP contribution >= 0.6 is 0 Å². The molecule has 4 heteroatoms. The van der Waals surface area contributed by atoms with Crippen LogP contribution in [-0.4, -0.2) is 6.71 Å². The zero-order valence-corrected chi connectivity index (χ0v) is 33.2. The van der Waals surface area contributed by atoms with Gasteiger partial charge in [-0.15, -0.1) is 0 Å². The molecule has 5 aliphatic rings. The summed E-state index contributed by atoms with van der Waals surface area (Å²) >= 11 is 0. The summed E-state index contributed by atoms with van der Waals surface area (Å²) in [4.78, 5) is 5.22. The minimum Gasteiger partial charge on any atom is -0.468 e. The molecule has 0 amide bonds. The molecule has 0 bridgehead atoms. The highest BCUT2D eigenvalue weighted by atomic mass is 16.3. The predicted molar refractivity (Wildman–Crippen MR) is 239 cm³/mol. The van der Waals surface area contributed by atoms with Gasteiger partial charge in [0.05, 0.1) is 16.7 Å². The van der Waals surface area contributed by atoms with Gasteiger partial charge in [-0.3, -0.25) is 0 Å². The molecular weight excluding hydrogens is 691 g/mol. The summed E-state index contributed by atoms with van der Waals surface area (Å²) in [5.74, 6) is 1.16. The van der Waals surface area contributed by atoms with E-state index in [1.807, 2.05) is 0 Å². The molecule has 2 saturated carbocycles. The lowest BCUT2D eigenvalue weighted by atomic mass is 9.35. The first-order valence-corrected chi connectivity index (χ1v) is 21.8. The molecule has 1 aromatic heterocycles. The fraction of sp³-hybridized carbons (Fsp3) is 0.283. The van der Waals surface area contributed by atoms with Gasteiger partial charge in [0.15, 0.2) is 0 Å². The van der Waals surface area contributed by atoms with Crippen LogP contribution in [0, 0.1) is 0 Å². The smallest absolute Gasteiger partial charge is 0.297 e. The number of nitrogens with zero attached hydrogens (tertiary/aromatic N) is 2. The Morgan fingerprint density at radius 2 is 1.16 bits per heavy atom. The summed E-state index contributed by atoms with van der Waals surface area (Å²) in [5, 5.41) is 1.24. The Balaban J connectivity index is 1.21. The monoisotopic (exact) mass is 740 g/mol. The number of hydrogen-bond donors (Lipinski definition) is 0. The standard InChI is InChI=1S/C53H49BN2O/c1-53(2)41-26-16-15-25-40(41)48-42(53)28-30-47-49(48)51-52(57-47)54-43-29-27-36(34-17-7-3-8-18-34)31-44(43)55(38-21-11-5-12-22-38)45-32-37(35-19-9-4-10-20-35)33-46(50(45)54)56(51)39-23-13-6-14-24-39/h5-6,11-16,21-35H,3-4,7-10,17-20H2,1-2H3. The second-order valence-electron chi connectivity index (χ2n) is 18.1. The van der Waals surface area contributed by atoms with E-state index in [1.54, 1.807) is 0 Å². The molecule has 0 saturated heterocycles. The van der Waals surface area contributed by atoms with E-state index in [0.717, 1.165) is 11.2 Å². The minimum absolute atomic E-state index is 0.0477. The van der Waals surface area contributed by atoms with Crippen LogP contribution in [0.25, 0.3) is 22.1 Å². The normalized spacial score (nSPS) is 18.2. The zero-order chi connectivity index (χ0) is 37.8. The maximum atomic E-state index is 7.43. The van der Waals surface area contributed by atoms with Gasteiger partial charge < -0.3 is 14.2 Å². The molecule has 12 rings (SSSR count). The quantitative estimate of drug-likeness (QED) is 0.168. The SMILES string of the molecule is CC1(C)c2ccccc2-c2c1ccc1oc3c(c21)N(c1ccccc1)c1cc(C2CCCCC2)cc2c1B3c1ccc(C3CCCCC3)cc1N2c1ccccc1. The molecule has 7 aromatic rings. The van der Waals surface area contributed by atoms with Crippen molar-refractivity contribution in [1.29, 1.82) is 0 Å². The summed E-state index contributed by atoms with van der Waals surface area (Å²) in [6, 6.07) is 48.8. The zero-order valence-electron chi connectivity index (χ0n) is 33.2. The second-order valence-corrected chi connectivity index (χ2v) is 18.1. The van der Waals surface area contributed by atoms with Crippen molar-refractivity contribution in [3.8, 4) is 11.1 Å². The van der Waals surface area contributed by atoms with E-state index >= 15 is 0 Å². The lowest BCUT2D eigenvalue weighted by Gasteiger charge is -2.43. The summed E-state index contributed by atoms with van der Waals surface area (Å²) in [6.45, 7) is 4.73. The van der Waals surface area contributed by atoms with Gasteiger partial charge in [-0.2, -0.15) is 0 Å². The average molecular weight is 741 g/mol. The van der Waals surface area contributed by atoms with Crippen molar-refractivity contribution in [2.75, 3.05) is 9.80 Å². The van der Waals surface area contributed by atoms with Crippen LogP contribution in [0.4, 0.5) is 34.1 Å². The van der Waals surface area contributed by atoms with Gasteiger partial charge in [0.25, 0.3) is 6.71 Å². The molecule has 2 aliphatic heterocycles. The number of fused-ring (bicyclic) bond motifs is 10. The first-order chi connectivity index (χ1) is 28.1. The topological polar surface area (TPSA) is 19.6 Å². The first-order valence-electron chi connectivity index (χ1n) is 21.8. The van der Waals surface area contributed by atoms with Crippen LogP contribution in [0.2, 0.25) is 0 Å². The second kappa shape index (κ2) is 12.8. The van der Waals surface area contributed by atoms with Crippen LogP contribution in [-0.2, 0) is 5.41 Å². The van der Waals surface area contributed by atoms with Gasteiger partial charge >= 0.3 is 0 Å². The largest absolute Gasteiger partial charge is 0.468 e. The first kappa shape index (κ1) is 33.6. The Labute approximate surface area is 337 Å². The lowest BCUT2D eigenvalue weighted by Crippen LogP contribution is -2.61.